The number of pyridine rings is 1. The zero-order valence-corrected chi connectivity index (χ0v) is 14.7. The van der Waals surface area contributed by atoms with E-state index in [-0.39, 0.29) is 5.91 Å². The second kappa shape index (κ2) is 8.12. The third-order valence-corrected chi connectivity index (χ3v) is 4.84. The largest absolute Gasteiger partial charge is 0.368 e. The monoisotopic (exact) mass is 338 g/mol. The van der Waals surface area contributed by atoms with Crippen molar-refractivity contribution in [3.05, 3.63) is 59.8 Å². The van der Waals surface area contributed by atoms with E-state index in [0.717, 1.165) is 36.0 Å². The van der Waals surface area contributed by atoms with Gasteiger partial charge in [-0.15, -0.1) is 0 Å². The molecule has 132 valence electrons. The van der Waals surface area contributed by atoms with Crippen molar-refractivity contribution in [1.29, 1.82) is 0 Å². The van der Waals surface area contributed by atoms with Crippen molar-refractivity contribution < 1.29 is 4.79 Å². The number of amides is 1. The Kier molecular flexibility index (Phi) is 5.66. The molecule has 5 nitrogen and oxygen atoms in total. The third-order valence-electron chi connectivity index (χ3n) is 4.84. The molecule has 1 aromatic carbocycles. The van der Waals surface area contributed by atoms with E-state index in [1.165, 1.54) is 12.8 Å². The number of nitrogens with two attached hydrogens (primary N) is 1. The fourth-order valence-electron chi connectivity index (χ4n) is 3.19. The minimum absolute atomic E-state index is 0.377. The molecule has 1 amide bonds. The predicted molar refractivity (Wildman–Crippen MR) is 100 cm³/mol. The van der Waals surface area contributed by atoms with Crippen molar-refractivity contribution in [3.63, 3.8) is 0 Å². The smallest absolute Gasteiger partial charge is 0.239 e. The maximum Gasteiger partial charge on any atom is 0.239 e. The molecule has 0 spiro atoms. The van der Waals surface area contributed by atoms with Gasteiger partial charge in [-0.25, -0.2) is 4.98 Å². The van der Waals surface area contributed by atoms with Gasteiger partial charge in [-0.2, -0.15) is 0 Å². The number of piperidine rings is 1. The number of carbonyl (C=O) groups is 1. The number of anilines is 1. The molecule has 1 saturated heterocycles. The Labute approximate surface area is 149 Å². The molecule has 2 aromatic rings. The Morgan fingerprint density at radius 1 is 1.24 bits per heavy atom. The highest BCUT2D eigenvalue weighted by Gasteiger charge is 2.18. The molecular weight excluding hydrogens is 312 g/mol. The standard InChI is InChI=1S/C20H26N4O/c1-15-9-11-24(12-10-15)18-8-7-16(13-22-18)14-23-19(20(21)25)17-5-3-2-4-6-17/h2-8,13,15,19,23H,9-12,14H2,1H3,(H2,21,25)/t19-/m1/s1. The third kappa shape index (κ3) is 4.57. The molecule has 0 saturated carbocycles. The number of primary amides is 1. The summed E-state index contributed by atoms with van der Waals surface area (Å²) in [6.07, 6.45) is 4.33. The van der Waals surface area contributed by atoms with Crippen LogP contribution in [0.5, 0.6) is 0 Å². The van der Waals surface area contributed by atoms with Crippen LogP contribution < -0.4 is 16.0 Å². The van der Waals surface area contributed by atoms with Crippen LogP contribution in [0.2, 0.25) is 0 Å². The van der Waals surface area contributed by atoms with Gasteiger partial charge in [0, 0.05) is 25.8 Å². The van der Waals surface area contributed by atoms with Gasteiger partial charge in [0.15, 0.2) is 0 Å². The van der Waals surface area contributed by atoms with Crippen molar-refractivity contribution in [3.8, 4) is 0 Å². The zero-order chi connectivity index (χ0) is 17.6. The normalized spacial score (nSPS) is 16.6. The number of carbonyl (C=O) groups excluding carboxylic acids is 1. The van der Waals surface area contributed by atoms with E-state index in [1.807, 2.05) is 36.5 Å². The molecule has 0 unspecified atom stereocenters. The average Bonchev–Trinajstić information content (AvgIpc) is 2.64. The van der Waals surface area contributed by atoms with Crippen LogP contribution in [0.1, 0.15) is 36.9 Å². The van der Waals surface area contributed by atoms with Crippen LogP contribution in [0.15, 0.2) is 48.7 Å². The summed E-state index contributed by atoms with van der Waals surface area (Å²) in [4.78, 5) is 18.7. The maximum absolute atomic E-state index is 11.7. The molecule has 0 radical (unpaired) electrons. The SMILES string of the molecule is CC1CCN(c2ccc(CN[C@@H](C(N)=O)c3ccccc3)cn2)CC1. The van der Waals surface area contributed by atoms with Gasteiger partial charge in [-0.1, -0.05) is 43.3 Å². The van der Waals surface area contributed by atoms with Crippen molar-refractivity contribution >= 4 is 11.7 Å². The van der Waals surface area contributed by atoms with E-state index in [4.69, 9.17) is 5.73 Å². The molecule has 1 aliphatic heterocycles. The van der Waals surface area contributed by atoms with Crippen molar-refractivity contribution in [1.82, 2.24) is 10.3 Å². The summed E-state index contributed by atoms with van der Waals surface area (Å²) in [5, 5.41) is 3.23. The van der Waals surface area contributed by atoms with Gasteiger partial charge in [0.2, 0.25) is 5.91 Å². The number of rotatable bonds is 6. The van der Waals surface area contributed by atoms with Crippen molar-refractivity contribution in [2.45, 2.75) is 32.4 Å². The Balaban J connectivity index is 1.60. The minimum atomic E-state index is -0.496. The van der Waals surface area contributed by atoms with Gasteiger partial charge in [0.25, 0.3) is 0 Å². The Hall–Kier alpha value is -2.40. The number of hydrogen-bond donors (Lipinski definition) is 2. The second-order valence-electron chi connectivity index (χ2n) is 6.82. The van der Waals surface area contributed by atoms with Crippen LogP contribution in [0, 0.1) is 5.92 Å². The fourth-order valence-corrected chi connectivity index (χ4v) is 3.19. The number of nitrogens with one attached hydrogen (secondary N) is 1. The molecule has 25 heavy (non-hydrogen) atoms. The van der Waals surface area contributed by atoms with E-state index in [2.05, 4.69) is 34.3 Å². The molecule has 3 N–H and O–H groups in total. The molecule has 5 heteroatoms. The molecule has 0 bridgehead atoms. The van der Waals surface area contributed by atoms with E-state index in [9.17, 15) is 4.79 Å². The number of nitrogens with zero attached hydrogens (tertiary/aromatic N) is 2. The van der Waals surface area contributed by atoms with E-state index in [1.54, 1.807) is 0 Å². The van der Waals surface area contributed by atoms with Gasteiger partial charge < -0.3 is 10.6 Å². The van der Waals surface area contributed by atoms with E-state index < -0.39 is 6.04 Å². The van der Waals surface area contributed by atoms with Gasteiger partial charge in [-0.3, -0.25) is 10.1 Å². The first-order valence-corrected chi connectivity index (χ1v) is 8.91. The molecule has 1 fully saturated rings. The van der Waals surface area contributed by atoms with Crippen LogP contribution >= 0.6 is 0 Å². The maximum atomic E-state index is 11.7. The van der Waals surface area contributed by atoms with Crippen LogP contribution in [0.3, 0.4) is 0 Å². The number of aromatic nitrogens is 1. The van der Waals surface area contributed by atoms with E-state index in [0.29, 0.717) is 6.54 Å². The number of hydrogen-bond acceptors (Lipinski definition) is 4. The lowest BCUT2D eigenvalue weighted by Crippen LogP contribution is -2.34. The first kappa shape index (κ1) is 17.4. The Morgan fingerprint density at radius 2 is 1.96 bits per heavy atom. The summed E-state index contributed by atoms with van der Waals surface area (Å²) in [7, 11) is 0. The zero-order valence-electron chi connectivity index (χ0n) is 14.7. The molecule has 1 atom stereocenters. The summed E-state index contributed by atoms with van der Waals surface area (Å²) in [6, 6.07) is 13.2. The highest BCUT2D eigenvalue weighted by atomic mass is 16.1. The molecule has 1 aromatic heterocycles. The first-order valence-electron chi connectivity index (χ1n) is 8.91. The lowest BCUT2D eigenvalue weighted by molar-refractivity contribution is -0.120. The molecule has 3 rings (SSSR count). The van der Waals surface area contributed by atoms with Crippen LogP contribution in [0.4, 0.5) is 5.82 Å². The highest BCUT2D eigenvalue weighted by molar-refractivity contribution is 5.81. The Morgan fingerprint density at radius 3 is 2.56 bits per heavy atom. The van der Waals surface area contributed by atoms with Gasteiger partial charge in [0.1, 0.15) is 11.9 Å². The van der Waals surface area contributed by atoms with Gasteiger partial charge >= 0.3 is 0 Å². The average molecular weight is 338 g/mol. The van der Waals surface area contributed by atoms with Gasteiger partial charge in [-0.05, 0) is 36.0 Å². The van der Waals surface area contributed by atoms with Crippen LogP contribution in [-0.4, -0.2) is 24.0 Å². The lowest BCUT2D eigenvalue weighted by atomic mass is 9.99. The number of benzene rings is 1. The minimum Gasteiger partial charge on any atom is -0.368 e. The predicted octanol–water partition coefficient (Wildman–Crippen LogP) is 2.63. The lowest BCUT2D eigenvalue weighted by Gasteiger charge is -2.31. The second-order valence-corrected chi connectivity index (χ2v) is 6.82. The summed E-state index contributed by atoms with van der Waals surface area (Å²) >= 11 is 0. The topological polar surface area (TPSA) is 71.2 Å². The Bertz CT molecular complexity index is 679. The highest BCUT2D eigenvalue weighted by Crippen LogP contribution is 2.21. The molecular formula is C20H26N4O. The summed E-state index contributed by atoms with van der Waals surface area (Å²) < 4.78 is 0. The molecule has 1 aliphatic rings. The molecule has 0 aliphatic carbocycles. The fraction of sp³-hybridized carbons (Fsp3) is 0.400. The van der Waals surface area contributed by atoms with Gasteiger partial charge in [0.05, 0.1) is 0 Å². The van der Waals surface area contributed by atoms with Crippen molar-refractivity contribution in [2.75, 3.05) is 18.0 Å². The molecule has 2 heterocycles. The summed E-state index contributed by atoms with van der Waals surface area (Å²) in [5.41, 5.74) is 7.46. The summed E-state index contributed by atoms with van der Waals surface area (Å²) in [5.74, 6) is 1.46. The van der Waals surface area contributed by atoms with Crippen LogP contribution in [0.25, 0.3) is 0 Å². The van der Waals surface area contributed by atoms with Crippen molar-refractivity contribution in [2.24, 2.45) is 11.7 Å². The quantitative estimate of drug-likeness (QED) is 0.849. The van der Waals surface area contributed by atoms with E-state index >= 15 is 0 Å². The first-order chi connectivity index (χ1) is 12.1. The van der Waals surface area contributed by atoms with Crippen LogP contribution in [-0.2, 0) is 11.3 Å². The summed E-state index contributed by atoms with van der Waals surface area (Å²) in [6.45, 7) is 5.00.